The Hall–Kier alpha value is -1.86. The zero-order valence-electron chi connectivity index (χ0n) is 11.9. The number of hydrazine groups is 1. The molecule has 2 rings (SSSR count). The van der Waals surface area contributed by atoms with Crippen LogP contribution in [0, 0.1) is 11.6 Å². The first-order chi connectivity index (χ1) is 10.1. The topological polar surface area (TPSA) is 68.8 Å². The second-order valence-electron chi connectivity index (χ2n) is 4.95. The van der Waals surface area contributed by atoms with Crippen molar-refractivity contribution in [2.75, 3.05) is 0 Å². The normalized spacial score (nSPS) is 12.6. The molecule has 2 aromatic rings. The largest absolute Gasteiger partial charge is 0.271 e. The number of hydrogen-bond acceptors (Lipinski definition) is 4. The average molecular weight is 295 g/mol. The van der Waals surface area contributed by atoms with Gasteiger partial charge in [-0.3, -0.25) is 16.0 Å². The molecule has 0 aliphatic rings. The van der Waals surface area contributed by atoms with Crippen molar-refractivity contribution in [1.29, 1.82) is 0 Å². The van der Waals surface area contributed by atoms with E-state index in [2.05, 4.69) is 22.4 Å². The van der Waals surface area contributed by atoms with Crippen molar-refractivity contribution in [1.82, 2.24) is 20.2 Å². The van der Waals surface area contributed by atoms with Crippen LogP contribution >= 0.6 is 0 Å². The summed E-state index contributed by atoms with van der Waals surface area (Å²) in [5.74, 6) is 5.17. The Bertz CT molecular complexity index is 564. The van der Waals surface area contributed by atoms with Gasteiger partial charge in [-0.15, -0.1) is 0 Å². The summed E-state index contributed by atoms with van der Waals surface area (Å²) in [4.78, 5) is 4.21. The van der Waals surface area contributed by atoms with Crippen LogP contribution < -0.4 is 11.3 Å². The van der Waals surface area contributed by atoms with Crippen LogP contribution in [0.25, 0.3) is 0 Å². The highest BCUT2D eigenvalue weighted by molar-refractivity contribution is 5.19. The first-order valence-electron chi connectivity index (χ1n) is 6.90. The molecule has 21 heavy (non-hydrogen) atoms. The van der Waals surface area contributed by atoms with Crippen molar-refractivity contribution in [2.45, 2.75) is 38.8 Å². The summed E-state index contributed by atoms with van der Waals surface area (Å²) in [5.41, 5.74) is 3.22. The Labute approximate surface area is 122 Å². The quantitative estimate of drug-likeness (QED) is 0.601. The summed E-state index contributed by atoms with van der Waals surface area (Å²) < 4.78 is 28.2. The number of nitrogens with two attached hydrogens (primary N) is 1. The molecule has 0 aliphatic heterocycles. The number of hydrogen-bond donors (Lipinski definition) is 2. The molecule has 1 aromatic heterocycles. The van der Waals surface area contributed by atoms with E-state index in [0.717, 1.165) is 24.9 Å². The first kappa shape index (κ1) is 15.5. The van der Waals surface area contributed by atoms with Gasteiger partial charge in [0.15, 0.2) is 0 Å². The molecule has 0 amide bonds. The van der Waals surface area contributed by atoms with E-state index in [0.29, 0.717) is 18.4 Å². The molecule has 0 fully saturated rings. The molecule has 0 saturated heterocycles. The number of rotatable bonds is 7. The lowest BCUT2D eigenvalue weighted by Gasteiger charge is -2.16. The minimum atomic E-state index is -0.588. The van der Waals surface area contributed by atoms with Crippen molar-refractivity contribution in [3.8, 4) is 0 Å². The molecule has 0 spiro atoms. The van der Waals surface area contributed by atoms with Gasteiger partial charge in [-0.25, -0.2) is 13.8 Å². The van der Waals surface area contributed by atoms with Gasteiger partial charge >= 0.3 is 0 Å². The number of aryl methyl sites for hydroxylation is 1. The SMILES string of the molecule is CCCn1ncnc1CC(Cc1cc(F)cc(F)c1)NN. The molecule has 0 saturated carbocycles. The average Bonchev–Trinajstić information content (AvgIpc) is 2.84. The fraction of sp³-hybridized carbons (Fsp3) is 0.429. The standard InChI is InChI=1S/C14H19F2N5/c1-2-3-21-14(18-9-19-21)8-13(20-17)6-10-4-11(15)7-12(16)5-10/h4-5,7,9,13,20H,2-3,6,8,17H2,1H3. The van der Waals surface area contributed by atoms with E-state index in [-0.39, 0.29) is 6.04 Å². The summed E-state index contributed by atoms with van der Waals surface area (Å²) in [7, 11) is 0. The molecule has 1 atom stereocenters. The van der Waals surface area contributed by atoms with E-state index < -0.39 is 11.6 Å². The van der Waals surface area contributed by atoms with Crippen LogP contribution in [0.2, 0.25) is 0 Å². The van der Waals surface area contributed by atoms with Gasteiger partial charge in [-0.2, -0.15) is 5.10 Å². The van der Waals surface area contributed by atoms with Gasteiger partial charge in [-0.1, -0.05) is 6.92 Å². The van der Waals surface area contributed by atoms with Crippen LogP contribution in [0.3, 0.4) is 0 Å². The molecule has 1 aromatic carbocycles. The van der Waals surface area contributed by atoms with Crippen molar-refractivity contribution >= 4 is 0 Å². The zero-order valence-corrected chi connectivity index (χ0v) is 11.9. The number of halogens is 2. The predicted molar refractivity (Wildman–Crippen MR) is 75.2 cm³/mol. The monoisotopic (exact) mass is 295 g/mol. The molecule has 1 unspecified atom stereocenters. The van der Waals surface area contributed by atoms with Gasteiger partial charge in [0.25, 0.3) is 0 Å². The first-order valence-corrected chi connectivity index (χ1v) is 6.90. The van der Waals surface area contributed by atoms with Crippen molar-refractivity contribution in [2.24, 2.45) is 5.84 Å². The maximum atomic E-state index is 13.2. The molecule has 7 heteroatoms. The molecule has 0 radical (unpaired) electrons. The minimum absolute atomic E-state index is 0.175. The summed E-state index contributed by atoms with van der Waals surface area (Å²) in [5, 5.41) is 4.15. The lowest BCUT2D eigenvalue weighted by molar-refractivity contribution is 0.480. The van der Waals surface area contributed by atoms with Gasteiger partial charge in [0, 0.05) is 25.1 Å². The molecule has 114 valence electrons. The van der Waals surface area contributed by atoms with Gasteiger partial charge in [0.2, 0.25) is 0 Å². The molecule has 0 aliphatic carbocycles. The lowest BCUT2D eigenvalue weighted by Crippen LogP contribution is -2.39. The Balaban J connectivity index is 2.07. The third-order valence-corrected chi connectivity index (χ3v) is 3.20. The predicted octanol–water partition coefficient (Wildman–Crippen LogP) is 1.58. The number of benzene rings is 1. The van der Waals surface area contributed by atoms with Crippen LogP contribution in [0.15, 0.2) is 24.5 Å². The fourth-order valence-electron chi connectivity index (χ4n) is 2.27. The van der Waals surface area contributed by atoms with E-state index in [4.69, 9.17) is 5.84 Å². The second kappa shape index (κ2) is 7.24. The van der Waals surface area contributed by atoms with E-state index in [1.54, 1.807) is 0 Å². The molecular formula is C14H19F2N5. The zero-order chi connectivity index (χ0) is 15.2. The molecule has 3 N–H and O–H groups in total. The van der Waals surface area contributed by atoms with Crippen LogP contribution in [0.5, 0.6) is 0 Å². The van der Waals surface area contributed by atoms with Crippen molar-refractivity contribution < 1.29 is 8.78 Å². The summed E-state index contributed by atoms with van der Waals surface area (Å²) >= 11 is 0. The Kier molecular flexibility index (Phi) is 5.35. The van der Waals surface area contributed by atoms with Crippen molar-refractivity contribution in [3.63, 3.8) is 0 Å². The summed E-state index contributed by atoms with van der Waals surface area (Å²) in [6, 6.07) is 3.30. The van der Waals surface area contributed by atoms with Gasteiger partial charge < -0.3 is 0 Å². The summed E-state index contributed by atoms with van der Waals surface area (Å²) in [6.07, 6.45) is 3.39. The highest BCUT2D eigenvalue weighted by Crippen LogP contribution is 2.12. The Morgan fingerprint density at radius 1 is 1.24 bits per heavy atom. The van der Waals surface area contributed by atoms with Crippen LogP contribution in [-0.2, 0) is 19.4 Å². The third-order valence-electron chi connectivity index (χ3n) is 3.20. The minimum Gasteiger partial charge on any atom is -0.271 e. The van der Waals surface area contributed by atoms with Crippen LogP contribution in [-0.4, -0.2) is 20.8 Å². The highest BCUT2D eigenvalue weighted by atomic mass is 19.1. The van der Waals surface area contributed by atoms with Gasteiger partial charge in [0.05, 0.1) is 0 Å². The molecule has 0 bridgehead atoms. The summed E-state index contributed by atoms with van der Waals surface area (Å²) in [6.45, 7) is 2.83. The maximum Gasteiger partial charge on any atom is 0.138 e. The van der Waals surface area contributed by atoms with E-state index in [1.807, 2.05) is 4.68 Å². The third kappa shape index (κ3) is 4.30. The highest BCUT2D eigenvalue weighted by Gasteiger charge is 2.14. The van der Waals surface area contributed by atoms with Crippen LogP contribution in [0.4, 0.5) is 8.78 Å². The maximum absolute atomic E-state index is 13.2. The lowest BCUT2D eigenvalue weighted by atomic mass is 10.0. The number of nitrogens with one attached hydrogen (secondary N) is 1. The molecule has 1 heterocycles. The second-order valence-corrected chi connectivity index (χ2v) is 4.95. The van der Waals surface area contributed by atoms with Crippen molar-refractivity contribution in [3.05, 3.63) is 47.5 Å². The van der Waals surface area contributed by atoms with E-state index in [1.165, 1.54) is 18.5 Å². The van der Waals surface area contributed by atoms with E-state index in [9.17, 15) is 8.78 Å². The van der Waals surface area contributed by atoms with E-state index >= 15 is 0 Å². The number of nitrogens with zero attached hydrogens (tertiary/aromatic N) is 3. The van der Waals surface area contributed by atoms with Gasteiger partial charge in [-0.05, 0) is 30.5 Å². The molecular weight excluding hydrogens is 276 g/mol. The molecule has 5 nitrogen and oxygen atoms in total. The van der Waals surface area contributed by atoms with Gasteiger partial charge in [0.1, 0.15) is 23.8 Å². The Morgan fingerprint density at radius 3 is 2.57 bits per heavy atom. The number of aromatic nitrogens is 3. The fourth-order valence-corrected chi connectivity index (χ4v) is 2.27. The van der Waals surface area contributed by atoms with Crippen LogP contribution in [0.1, 0.15) is 24.7 Å². The smallest absolute Gasteiger partial charge is 0.138 e. The Morgan fingerprint density at radius 2 is 1.95 bits per heavy atom.